The van der Waals surface area contributed by atoms with Gasteiger partial charge in [0.1, 0.15) is 19.5 Å². The monoisotopic (exact) mass is 533 g/mol. The average Bonchev–Trinajstić information content (AvgIpc) is 2.88. The fraction of sp³-hybridized carbons (Fsp3) is 0.250. The van der Waals surface area contributed by atoms with Gasteiger partial charge in [0, 0.05) is 6.07 Å². The van der Waals surface area contributed by atoms with Crippen molar-refractivity contribution in [2.24, 2.45) is 0 Å². The Morgan fingerprint density at radius 1 is 0.868 bits per heavy atom. The topological polar surface area (TPSA) is 129 Å². The summed E-state index contributed by atoms with van der Waals surface area (Å²) in [5.74, 6) is 0.744. The van der Waals surface area contributed by atoms with E-state index in [1.165, 1.54) is 12.5 Å². The summed E-state index contributed by atoms with van der Waals surface area (Å²) < 4.78 is 40.8. The fourth-order valence-electron chi connectivity index (χ4n) is 3.62. The van der Waals surface area contributed by atoms with Crippen LogP contribution in [0.25, 0.3) is 11.1 Å². The van der Waals surface area contributed by atoms with Crippen molar-refractivity contribution in [1.29, 1.82) is 0 Å². The van der Waals surface area contributed by atoms with Gasteiger partial charge in [-0.2, -0.15) is 0 Å². The number of hydrogen-bond donors (Lipinski definition) is 2. The molecule has 2 aromatic carbocycles. The molecule has 2 aromatic heterocycles. The first-order chi connectivity index (χ1) is 18.0. The highest BCUT2D eigenvalue weighted by molar-refractivity contribution is 7.92. The van der Waals surface area contributed by atoms with E-state index >= 15 is 0 Å². The third kappa shape index (κ3) is 6.57. The maximum absolute atomic E-state index is 13.3. The number of nitrogens with two attached hydrogens (primary N) is 1. The molecule has 0 saturated heterocycles. The second-order valence-electron chi connectivity index (χ2n) is 9.78. The number of benzene rings is 2. The molecule has 10 heteroatoms. The molecule has 9 nitrogen and oxygen atoms in total. The Hall–Kier alpha value is -4.18. The molecule has 0 fully saturated rings. The van der Waals surface area contributed by atoms with E-state index in [1.54, 1.807) is 24.3 Å². The number of hydrogen-bond acceptors (Lipinski definition) is 8. The largest absolute Gasteiger partial charge is 0.474 e. The molecular weight excluding hydrogens is 502 g/mol. The Morgan fingerprint density at radius 2 is 1.55 bits per heavy atom. The molecule has 38 heavy (non-hydrogen) atoms. The summed E-state index contributed by atoms with van der Waals surface area (Å²) in [6, 6.07) is 17.8. The van der Waals surface area contributed by atoms with Crippen molar-refractivity contribution in [1.82, 2.24) is 15.0 Å². The van der Waals surface area contributed by atoms with Crippen LogP contribution in [-0.2, 0) is 15.4 Å². The molecule has 3 N–H and O–H groups in total. The molecule has 198 valence electrons. The maximum atomic E-state index is 13.3. The molecule has 0 spiro atoms. The first-order valence-electron chi connectivity index (χ1n) is 12.1. The van der Waals surface area contributed by atoms with Crippen LogP contribution >= 0.6 is 0 Å². The van der Waals surface area contributed by atoms with Crippen molar-refractivity contribution in [3.05, 3.63) is 84.3 Å². The molecule has 4 rings (SSSR count). The van der Waals surface area contributed by atoms with Gasteiger partial charge in [-0.3, -0.25) is 4.72 Å². The van der Waals surface area contributed by atoms with E-state index in [9.17, 15) is 8.42 Å². The molecule has 0 radical (unpaired) electrons. The summed E-state index contributed by atoms with van der Waals surface area (Å²) in [6.07, 6.45) is 2.77. The number of nitrogen functional groups attached to an aromatic ring is 1. The summed E-state index contributed by atoms with van der Waals surface area (Å²) in [5, 5.41) is 0. The minimum atomic E-state index is -3.93. The second-order valence-corrected chi connectivity index (χ2v) is 11.5. The van der Waals surface area contributed by atoms with Crippen molar-refractivity contribution in [2.45, 2.75) is 38.0 Å². The van der Waals surface area contributed by atoms with E-state index in [-0.39, 0.29) is 35.2 Å². The summed E-state index contributed by atoms with van der Waals surface area (Å²) >= 11 is 0. The van der Waals surface area contributed by atoms with Crippen LogP contribution in [0, 0.1) is 6.92 Å². The quantitative estimate of drug-likeness (QED) is 0.288. The van der Waals surface area contributed by atoms with E-state index in [4.69, 9.17) is 15.2 Å². The highest BCUT2D eigenvalue weighted by Gasteiger charge is 2.22. The number of nitrogens with zero attached hydrogens (tertiary/aromatic N) is 3. The number of aryl methyl sites for hydroxylation is 1. The third-order valence-corrected chi connectivity index (χ3v) is 7.10. The zero-order valence-corrected chi connectivity index (χ0v) is 22.6. The lowest BCUT2D eigenvalue weighted by atomic mass is 9.87. The number of pyridine rings is 1. The van der Waals surface area contributed by atoms with Crippen LogP contribution in [0.15, 0.2) is 78.1 Å². The standard InChI is InChI=1S/C28H31N5O4S/c1-19-5-7-20(8-6-19)25-26(33-38(34,35)23-12-9-21(10-13-23)28(2,3)4)31-18-32-27(25)37-16-15-36-24-14-11-22(29)17-30-24/h5-14,17-18H,15-16,29H2,1-4H3,(H,31,32,33). The number of anilines is 2. The summed E-state index contributed by atoms with van der Waals surface area (Å²) in [5.41, 5.74) is 9.31. The summed E-state index contributed by atoms with van der Waals surface area (Å²) in [7, 11) is -3.93. The lowest BCUT2D eigenvalue weighted by Crippen LogP contribution is -2.17. The van der Waals surface area contributed by atoms with Crippen LogP contribution in [0.1, 0.15) is 31.9 Å². The van der Waals surface area contributed by atoms with E-state index in [0.29, 0.717) is 22.7 Å². The Bertz CT molecular complexity index is 1480. The van der Waals surface area contributed by atoms with Crippen LogP contribution in [0.5, 0.6) is 11.8 Å². The van der Waals surface area contributed by atoms with Gasteiger partial charge in [0.2, 0.25) is 11.8 Å². The molecule has 4 aromatic rings. The van der Waals surface area contributed by atoms with Crippen molar-refractivity contribution >= 4 is 21.5 Å². The zero-order valence-electron chi connectivity index (χ0n) is 21.8. The SMILES string of the molecule is Cc1ccc(-c2c(NS(=O)(=O)c3ccc(C(C)(C)C)cc3)ncnc2OCCOc2ccc(N)cn2)cc1. The van der Waals surface area contributed by atoms with Gasteiger partial charge >= 0.3 is 0 Å². The van der Waals surface area contributed by atoms with Gasteiger partial charge in [0.05, 0.1) is 22.3 Å². The van der Waals surface area contributed by atoms with Crippen LogP contribution in [-0.4, -0.2) is 36.6 Å². The minimum absolute atomic E-state index is 0.0964. The van der Waals surface area contributed by atoms with Gasteiger partial charge < -0.3 is 15.2 Å². The lowest BCUT2D eigenvalue weighted by molar-refractivity contribution is 0.207. The van der Waals surface area contributed by atoms with E-state index < -0.39 is 10.0 Å². The van der Waals surface area contributed by atoms with Crippen LogP contribution in [0.2, 0.25) is 0 Å². The Balaban J connectivity index is 1.60. The smallest absolute Gasteiger partial charge is 0.263 e. The lowest BCUT2D eigenvalue weighted by Gasteiger charge is -2.19. The molecule has 0 saturated carbocycles. The Kier molecular flexibility index (Phi) is 7.82. The van der Waals surface area contributed by atoms with Crippen molar-refractivity contribution in [3.8, 4) is 22.9 Å². The Labute approximate surface area is 223 Å². The highest BCUT2D eigenvalue weighted by atomic mass is 32.2. The van der Waals surface area contributed by atoms with Crippen molar-refractivity contribution in [2.75, 3.05) is 23.7 Å². The molecule has 0 aliphatic carbocycles. The molecule has 0 atom stereocenters. The molecule has 0 aliphatic rings. The van der Waals surface area contributed by atoms with Gasteiger partial charge in [-0.1, -0.05) is 62.7 Å². The zero-order chi connectivity index (χ0) is 27.3. The van der Waals surface area contributed by atoms with E-state index in [2.05, 4.69) is 40.4 Å². The number of sulfonamides is 1. The molecule has 0 aliphatic heterocycles. The predicted octanol–water partition coefficient (Wildman–Crippen LogP) is 4.99. The van der Waals surface area contributed by atoms with Gasteiger partial charge in [-0.15, -0.1) is 0 Å². The average molecular weight is 534 g/mol. The molecule has 0 amide bonds. The molecule has 0 bridgehead atoms. The van der Waals surface area contributed by atoms with Gasteiger partial charge in [0.15, 0.2) is 5.82 Å². The van der Waals surface area contributed by atoms with Crippen molar-refractivity contribution in [3.63, 3.8) is 0 Å². The number of rotatable bonds is 9. The highest BCUT2D eigenvalue weighted by Crippen LogP contribution is 2.35. The first-order valence-corrected chi connectivity index (χ1v) is 13.5. The molecule has 0 unspecified atom stereocenters. The maximum Gasteiger partial charge on any atom is 0.263 e. The number of nitrogens with one attached hydrogen (secondary N) is 1. The van der Waals surface area contributed by atoms with Crippen LogP contribution in [0.3, 0.4) is 0 Å². The van der Waals surface area contributed by atoms with E-state index in [0.717, 1.165) is 11.1 Å². The van der Waals surface area contributed by atoms with Crippen LogP contribution in [0.4, 0.5) is 11.5 Å². The second kappa shape index (κ2) is 11.1. The van der Waals surface area contributed by atoms with Gasteiger partial charge in [0.25, 0.3) is 10.0 Å². The van der Waals surface area contributed by atoms with Gasteiger partial charge in [-0.05, 0) is 41.7 Å². The first kappa shape index (κ1) is 26.9. The van der Waals surface area contributed by atoms with E-state index in [1.807, 2.05) is 43.3 Å². The normalized spacial score (nSPS) is 11.7. The van der Waals surface area contributed by atoms with Crippen LogP contribution < -0.4 is 19.9 Å². The molecule has 2 heterocycles. The van der Waals surface area contributed by atoms with Crippen molar-refractivity contribution < 1.29 is 17.9 Å². The Morgan fingerprint density at radius 3 is 2.18 bits per heavy atom. The summed E-state index contributed by atoms with van der Waals surface area (Å²) in [6.45, 7) is 8.51. The fourth-order valence-corrected chi connectivity index (χ4v) is 4.64. The minimum Gasteiger partial charge on any atom is -0.474 e. The predicted molar refractivity (Wildman–Crippen MR) is 148 cm³/mol. The summed E-state index contributed by atoms with van der Waals surface area (Å²) in [4.78, 5) is 12.8. The van der Waals surface area contributed by atoms with Gasteiger partial charge in [-0.25, -0.2) is 23.4 Å². The number of ether oxygens (including phenoxy) is 2. The molecular formula is C28H31N5O4S. The number of aromatic nitrogens is 3. The third-order valence-electron chi connectivity index (χ3n) is 5.75.